The number of hydrogen-bond acceptors (Lipinski definition) is 3. The molecule has 1 aliphatic heterocycles. The molecule has 0 radical (unpaired) electrons. The molecular formula is C21H25N3O3. The molecule has 1 saturated heterocycles. The smallest absolute Gasteiger partial charge is 0.317 e. The highest BCUT2D eigenvalue weighted by molar-refractivity contribution is 5.76. The average molecular weight is 367 g/mol. The number of rotatable bonds is 5. The number of nitrogens with two attached hydrogens (primary N) is 1. The van der Waals surface area contributed by atoms with Crippen molar-refractivity contribution in [2.45, 2.75) is 31.4 Å². The van der Waals surface area contributed by atoms with Gasteiger partial charge in [0.2, 0.25) is 5.91 Å². The standard InChI is InChI=1S/C21H25N3O3/c22-19(25)13-16-7-9-17(10-8-16)14-23-20(26)24-12-4-11-21(27,15-24)18-5-2-1-3-6-18/h1-3,5-10,27H,4,11-15H2,(H2,22,25)(H,23,26). The SMILES string of the molecule is NC(=O)Cc1ccc(CNC(=O)N2CCCC(O)(c3ccccc3)C2)cc1. The number of nitrogens with one attached hydrogen (secondary N) is 1. The third-order valence-corrected chi connectivity index (χ3v) is 4.91. The van der Waals surface area contributed by atoms with Crippen molar-refractivity contribution in [3.05, 3.63) is 71.3 Å². The third-order valence-electron chi connectivity index (χ3n) is 4.91. The first-order chi connectivity index (χ1) is 13.0. The maximum atomic E-state index is 12.5. The Morgan fingerprint density at radius 1 is 1.07 bits per heavy atom. The number of primary amides is 1. The van der Waals surface area contributed by atoms with Crippen molar-refractivity contribution in [2.24, 2.45) is 5.73 Å². The molecule has 1 aliphatic rings. The van der Waals surface area contributed by atoms with E-state index in [9.17, 15) is 14.7 Å². The molecule has 2 aromatic rings. The predicted octanol–water partition coefficient (Wildman–Crippen LogP) is 1.91. The highest BCUT2D eigenvalue weighted by atomic mass is 16.3. The van der Waals surface area contributed by atoms with Crippen molar-refractivity contribution in [3.63, 3.8) is 0 Å². The van der Waals surface area contributed by atoms with Crippen LogP contribution in [0.5, 0.6) is 0 Å². The van der Waals surface area contributed by atoms with Crippen molar-refractivity contribution in [1.29, 1.82) is 0 Å². The lowest BCUT2D eigenvalue weighted by Gasteiger charge is -2.39. The van der Waals surface area contributed by atoms with E-state index >= 15 is 0 Å². The Morgan fingerprint density at radius 2 is 1.74 bits per heavy atom. The second-order valence-electron chi connectivity index (χ2n) is 7.04. The van der Waals surface area contributed by atoms with Gasteiger partial charge in [0, 0.05) is 13.1 Å². The summed E-state index contributed by atoms with van der Waals surface area (Å²) in [5.74, 6) is -0.368. The Labute approximate surface area is 159 Å². The van der Waals surface area contributed by atoms with Gasteiger partial charge in [-0.05, 0) is 29.5 Å². The number of aliphatic hydroxyl groups is 1. The first-order valence-corrected chi connectivity index (χ1v) is 9.13. The Kier molecular flexibility index (Phi) is 5.76. The van der Waals surface area contributed by atoms with Crippen LogP contribution < -0.4 is 11.1 Å². The monoisotopic (exact) mass is 367 g/mol. The fourth-order valence-electron chi connectivity index (χ4n) is 3.46. The summed E-state index contributed by atoms with van der Waals surface area (Å²) in [7, 11) is 0. The number of carbonyl (C=O) groups is 2. The highest BCUT2D eigenvalue weighted by Crippen LogP contribution is 2.31. The normalized spacial score (nSPS) is 19.5. The molecule has 3 amide bonds. The summed E-state index contributed by atoms with van der Waals surface area (Å²) >= 11 is 0. The molecule has 0 spiro atoms. The van der Waals surface area contributed by atoms with E-state index in [2.05, 4.69) is 5.32 Å². The van der Waals surface area contributed by atoms with Crippen LogP contribution in [0.25, 0.3) is 0 Å². The zero-order valence-corrected chi connectivity index (χ0v) is 15.2. The molecule has 0 saturated carbocycles. The van der Waals surface area contributed by atoms with Crippen LogP contribution in [-0.4, -0.2) is 35.0 Å². The van der Waals surface area contributed by atoms with Crippen LogP contribution in [-0.2, 0) is 23.4 Å². The summed E-state index contributed by atoms with van der Waals surface area (Å²) in [5, 5.41) is 13.9. The minimum atomic E-state index is -1.01. The second-order valence-corrected chi connectivity index (χ2v) is 7.04. The largest absolute Gasteiger partial charge is 0.383 e. The van der Waals surface area contributed by atoms with E-state index < -0.39 is 5.60 Å². The Morgan fingerprint density at radius 3 is 2.41 bits per heavy atom. The molecule has 1 fully saturated rings. The third kappa shape index (κ3) is 4.86. The molecule has 4 N–H and O–H groups in total. The van der Waals surface area contributed by atoms with E-state index in [-0.39, 0.29) is 24.9 Å². The zero-order chi connectivity index (χ0) is 19.3. The van der Waals surface area contributed by atoms with Gasteiger partial charge in [-0.3, -0.25) is 4.79 Å². The average Bonchev–Trinajstić information content (AvgIpc) is 2.67. The number of benzene rings is 2. The summed E-state index contributed by atoms with van der Waals surface area (Å²) in [6.45, 7) is 1.29. The molecule has 0 aromatic heterocycles. The number of β-amino-alcohol motifs (C(OH)–C–C–N with tert-alkyl or cyclic N) is 1. The van der Waals surface area contributed by atoms with Gasteiger partial charge < -0.3 is 21.1 Å². The lowest BCUT2D eigenvalue weighted by Crippen LogP contribution is -2.51. The molecule has 3 rings (SSSR count). The van der Waals surface area contributed by atoms with Gasteiger partial charge in [0.05, 0.1) is 13.0 Å². The predicted molar refractivity (Wildman–Crippen MR) is 103 cm³/mol. The molecule has 27 heavy (non-hydrogen) atoms. The Hall–Kier alpha value is -2.86. The molecule has 0 bridgehead atoms. The van der Waals surface area contributed by atoms with Gasteiger partial charge in [-0.1, -0.05) is 54.6 Å². The van der Waals surface area contributed by atoms with Crippen LogP contribution in [0.15, 0.2) is 54.6 Å². The van der Waals surface area contributed by atoms with E-state index in [1.165, 1.54) is 0 Å². The molecule has 6 nitrogen and oxygen atoms in total. The van der Waals surface area contributed by atoms with Crippen LogP contribution in [0, 0.1) is 0 Å². The molecule has 1 unspecified atom stereocenters. The first-order valence-electron chi connectivity index (χ1n) is 9.13. The highest BCUT2D eigenvalue weighted by Gasteiger charge is 2.36. The van der Waals surface area contributed by atoms with Gasteiger partial charge >= 0.3 is 6.03 Å². The second kappa shape index (κ2) is 8.22. The maximum absolute atomic E-state index is 12.5. The molecule has 0 aliphatic carbocycles. The molecule has 142 valence electrons. The van der Waals surface area contributed by atoms with Gasteiger partial charge in [0.1, 0.15) is 5.60 Å². The van der Waals surface area contributed by atoms with Gasteiger partial charge in [-0.15, -0.1) is 0 Å². The van der Waals surface area contributed by atoms with Crippen molar-refractivity contribution >= 4 is 11.9 Å². The van der Waals surface area contributed by atoms with Gasteiger partial charge in [0.15, 0.2) is 0 Å². The first kappa shape index (κ1) is 18.9. The topological polar surface area (TPSA) is 95.7 Å². The van der Waals surface area contributed by atoms with Gasteiger partial charge in [0.25, 0.3) is 0 Å². The number of amides is 3. The Bertz CT molecular complexity index is 792. The summed E-state index contributed by atoms with van der Waals surface area (Å²) in [6.07, 6.45) is 1.60. The van der Waals surface area contributed by atoms with E-state index in [0.717, 1.165) is 23.1 Å². The number of hydrogen-bond donors (Lipinski definition) is 3. The fraction of sp³-hybridized carbons (Fsp3) is 0.333. The van der Waals surface area contributed by atoms with E-state index in [4.69, 9.17) is 5.73 Å². The van der Waals surface area contributed by atoms with Gasteiger partial charge in [-0.25, -0.2) is 4.79 Å². The number of urea groups is 1. The summed E-state index contributed by atoms with van der Waals surface area (Å²) < 4.78 is 0. The van der Waals surface area contributed by atoms with Crippen LogP contribution in [0.3, 0.4) is 0 Å². The van der Waals surface area contributed by atoms with Crippen LogP contribution in [0.2, 0.25) is 0 Å². The molecule has 1 heterocycles. The van der Waals surface area contributed by atoms with Crippen LogP contribution >= 0.6 is 0 Å². The lowest BCUT2D eigenvalue weighted by molar-refractivity contribution is -0.117. The molecular weight excluding hydrogens is 342 g/mol. The maximum Gasteiger partial charge on any atom is 0.317 e. The number of likely N-dealkylation sites (tertiary alicyclic amines) is 1. The van der Waals surface area contributed by atoms with Crippen molar-refractivity contribution in [2.75, 3.05) is 13.1 Å². The number of nitrogens with zero attached hydrogens (tertiary/aromatic N) is 1. The zero-order valence-electron chi connectivity index (χ0n) is 15.2. The van der Waals surface area contributed by atoms with Crippen LogP contribution in [0.4, 0.5) is 4.79 Å². The van der Waals surface area contributed by atoms with Crippen molar-refractivity contribution in [3.8, 4) is 0 Å². The lowest BCUT2D eigenvalue weighted by atomic mass is 9.86. The minimum absolute atomic E-state index is 0.190. The quantitative estimate of drug-likeness (QED) is 0.753. The van der Waals surface area contributed by atoms with Crippen molar-refractivity contribution in [1.82, 2.24) is 10.2 Å². The number of piperidine rings is 1. The summed E-state index contributed by atoms with van der Waals surface area (Å²) in [5.41, 5.74) is 6.80. The molecule has 6 heteroatoms. The van der Waals surface area contributed by atoms with Crippen molar-refractivity contribution < 1.29 is 14.7 Å². The van der Waals surface area contributed by atoms with E-state index in [0.29, 0.717) is 19.5 Å². The van der Waals surface area contributed by atoms with E-state index in [1.807, 2.05) is 54.6 Å². The molecule has 2 aromatic carbocycles. The number of carbonyl (C=O) groups excluding carboxylic acids is 2. The Balaban J connectivity index is 1.57. The van der Waals surface area contributed by atoms with Gasteiger partial charge in [-0.2, -0.15) is 0 Å². The minimum Gasteiger partial charge on any atom is -0.383 e. The van der Waals surface area contributed by atoms with E-state index in [1.54, 1.807) is 4.90 Å². The summed E-state index contributed by atoms with van der Waals surface area (Å²) in [4.78, 5) is 25.1. The fourth-order valence-corrected chi connectivity index (χ4v) is 3.46. The van der Waals surface area contributed by atoms with Crippen LogP contribution in [0.1, 0.15) is 29.5 Å². The molecule has 1 atom stereocenters. The summed E-state index contributed by atoms with van der Waals surface area (Å²) in [6, 6.07) is 16.7.